The molecule has 0 bridgehead atoms. The molecule has 0 spiro atoms. The summed E-state index contributed by atoms with van der Waals surface area (Å²) in [6.07, 6.45) is 4.41. The van der Waals surface area contributed by atoms with E-state index >= 15 is 0 Å². The number of hydrogen-bond donors (Lipinski definition) is 1. The normalized spacial score (nSPS) is 23.3. The summed E-state index contributed by atoms with van der Waals surface area (Å²) in [5.41, 5.74) is 3.93. The van der Waals surface area contributed by atoms with Gasteiger partial charge in [-0.3, -0.25) is 4.79 Å². The van der Waals surface area contributed by atoms with Gasteiger partial charge >= 0.3 is 0 Å². The van der Waals surface area contributed by atoms with E-state index in [0.717, 1.165) is 16.9 Å². The van der Waals surface area contributed by atoms with E-state index in [4.69, 9.17) is 11.6 Å². The molecule has 0 saturated heterocycles. The molecule has 2 nitrogen and oxygen atoms in total. The molecule has 1 N–H and O–H groups in total. The summed E-state index contributed by atoms with van der Waals surface area (Å²) in [5.74, 6) is 1.47. The van der Waals surface area contributed by atoms with Crippen LogP contribution in [0.1, 0.15) is 51.0 Å². The number of aryl methyl sites for hydroxylation is 1. The number of phenols is 1. The maximum atomic E-state index is 12.7. The van der Waals surface area contributed by atoms with Crippen molar-refractivity contribution >= 4 is 34.8 Å². The molecule has 1 aromatic heterocycles. The highest BCUT2D eigenvalue weighted by Gasteiger charge is 2.63. The van der Waals surface area contributed by atoms with Gasteiger partial charge in [0.15, 0.2) is 5.78 Å². The molecule has 1 fully saturated rings. The monoisotopic (exact) mass is 358 g/mol. The SMILES string of the molecule is Cc1sc(C(=O)/C=C/c2ccc(O)c(Cl)c2)c2c1[C@H]1[C@@H](C2)C1(C)C. The minimum Gasteiger partial charge on any atom is -0.506 e. The summed E-state index contributed by atoms with van der Waals surface area (Å²) >= 11 is 7.54. The fourth-order valence-electron chi connectivity index (χ4n) is 4.21. The Morgan fingerprint density at radius 3 is 2.88 bits per heavy atom. The molecular weight excluding hydrogens is 340 g/mol. The predicted molar refractivity (Wildman–Crippen MR) is 99.3 cm³/mol. The van der Waals surface area contributed by atoms with E-state index in [1.807, 2.05) is 0 Å². The van der Waals surface area contributed by atoms with Gasteiger partial charge in [0.25, 0.3) is 0 Å². The van der Waals surface area contributed by atoms with Crippen LogP contribution in [0.5, 0.6) is 5.75 Å². The van der Waals surface area contributed by atoms with Crippen LogP contribution in [0.25, 0.3) is 6.08 Å². The first kappa shape index (κ1) is 15.9. The van der Waals surface area contributed by atoms with E-state index in [1.165, 1.54) is 22.1 Å². The van der Waals surface area contributed by atoms with Crippen LogP contribution in [-0.2, 0) is 6.42 Å². The van der Waals surface area contributed by atoms with Crippen LogP contribution in [0.2, 0.25) is 5.02 Å². The number of thiophene rings is 1. The van der Waals surface area contributed by atoms with E-state index < -0.39 is 0 Å². The summed E-state index contributed by atoms with van der Waals surface area (Å²) in [5, 5.41) is 9.75. The van der Waals surface area contributed by atoms with Crippen molar-refractivity contribution in [2.45, 2.75) is 33.1 Å². The number of ketones is 1. The second-order valence-electron chi connectivity index (χ2n) is 7.40. The van der Waals surface area contributed by atoms with Crippen molar-refractivity contribution in [2.24, 2.45) is 11.3 Å². The van der Waals surface area contributed by atoms with Gasteiger partial charge in [-0.2, -0.15) is 0 Å². The van der Waals surface area contributed by atoms with E-state index in [2.05, 4.69) is 20.8 Å². The fourth-order valence-corrected chi connectivity index (χ4v) is 5.55. The van der Waals surface area contributed by atoms with Crippen LogP contribution < -0.4 is 0 Å². The van der Waals surface area contributed by atoms with E-state index in [-0.39, 0.29) is 11.5 Å². The van der Waals surface area contributed by atoms with Crippen LogP contribution in [0.4, 0.5) is 0 Å². The van der Waals surface area contributed by atoms with Gasteiger partial charge in [0.2, 0.25) is 0 Å². The summed E-state index contributed by atoms with van der Waals surface area (Å²) in [6.45, 7) is 6.80. The van der Waals surface area contributed by atoms with Gasteiger partial charge < -0.3 is 5.11 Å². The molecule has 0 aliphatic heterocycles. The average Bonchev–Trinajstić information content (AvgIpc) is 2.88. The molecule has 0 amide bonds. The third-order valence-corrected chi connectivity index (χ3v) is 7.12. The van der Waals surface area contributed by atoms with Gasteiger partial charge in [0, 0.05) is 4.88 Å². The standard InChI is InChI=1S/C20H19ClO2S/c1-10-17-12(9-13-18(17)20(13,2)3)19(24-10)16(23)7-5-11-4-6-15(22)14(21)8-11/h4-8,13,18,22H,9H2,1-3H3/b7-5+/t13-,18-/m1/s1. The van der Waals surface area contributed by atoms with Crippen molar-refractivity contribution in [3.8, 4) is 5.75 Å². The van der Waals surface area contributed by atoms with Crippen LogP contribution in [0.3, 0.4) is 0 Å². The second-order valence-corrected chi connectivity index (χ2v) is 9.03. The predicted octanol–water partition coefficient (Wildman–Crippen LogP) is 5.61. The summed E-state index contributed by atoms with van der Waals surface area (Å²) < 4.78 is 0. The topological polar surface area (TPSA) is 37.3 Å². The lowest BCUT2D eigenvalue weighted by molar-refractivity contribution is 0.105. The molecule has 1 heterocycles. The zero-order valence-electron chi connectivity index (χ0n) is 13.9. The lowest BCUT2D eigenvalue weighted by Crippen LogP contribution is -2.02. The van der Waals surface area contributed by atoms with E-state index in [1.54, 1.807) is 35.6 Å². The molecule has 2 aromatic rings. The van der Waals surface area contributed by atoms with Gasteiger partial charge in [-0.05, 0) is 65.5 Å². The first-order valence-corrected chi connectivity index (χ1v) is 9.33. The Labute approximate surface area is 150 Å². The Morgan fingerprint density at radius 2 is 2.17 bits per heavy atom. The van der Waals surface area contributed by atoms with Crippen LogP contribution >= 0.6 is 22.9 Å². The molecule has 2 atom stereocenters. The third kappa shape index (κ3) is 2.26. The van der Waals surface area contributed by atoms with Gasteiger partial charge in [-0.1, -0.05) is 37.6 Å². The van der Waals surface area contributed by atoms with Gasteiger partial charge in [0.05, 0.1) is 9.90 Å². The van der Waals surface area contributed by atoms with Crippen LogP contribution in [0.15, 0.2) is 24.3 Å². The summed E-state index contributed by atoms with van der Waals surface area (Å²) in [7, 11) is 0. The Bertz CT molecular complexity index is 891. The highest BCUT2D eigenvalue weighted by Crippen LogP contribution is 2.71. The molecule has 1 aromatic carbocycles. The second kappa shape index (κ2) is 5.21. The molecule has 0 radical (unpaired) electrons. The number of rotatable bonds is 3. The quantitative estimate of drug-likeness (QED) is 0.572. The molecule has 4 rings (SSSR count). The van der Waals surface area contributed by atoms with Crippen molar-refractivity contribution in [3.63, 3.8) is 0 Å². The maximum absolute atomic E-state index is 12.7. The number of benzene rings is 1. The Balaban J connectivity index is 1.60. The smallest absolute Gasteiger partial charge is 0.196 e. The number of carbonyl (C=O) groups is 1. The number of phenolic OH excluding ortho intramolecular Hbond substituents is 1. The highest BCUT2D eigenvalue weighted by molar-refractivity contribution is 7.14. The number of halogens is 1. The zero-order valence-corrected chi connectivity index (χ0v) is 15.5. The maximum Gasteiger partial charge on any atom is 0.196 e. The van der Waals surface area contributed by atoms with E-state index in [9.17, 15) is 9.90 Å². The number of allylic oxidation sites excluding steroid dienone is 1. The molecular formula is C20H19ClO2S. The summed E-state index contributed by atoms with van der Waals surface area (Å²) in [4.78, 5) is 14.9. The van der Waals surface area contributed by atoms with Crippen molar-refractivity contribution in [2.75, 3.05) is 0 Å². The molecule has 4 heteroatoms. The first-order chi connectivity index (χ1) is 11.3. The number of hydrogen-bond acceptors (Lipinski definition) is 3. The van der Waals surface area contributed by atoms with Gasteiger partial charge in [-0.25, -0.2) is 0 Å². The largest absolute Gasteiger partial charge is 0.506 e. The lowest BCUT2D eigenvalue weighted by Gasteiger charge is -2.09. The Morgan fingerprint density at radius 1 is 1.42 bits per heavy atom. The zero-order chi connectivity index (χ0) is 17.2. The third-order valence-electron chi connectivity index (χ3n) is 5.64. The molecule has 0 unspecified atom stereocenters. The average molecular weight is 359 g/mol. The molecule has 1 saturated carbocycles. The van der Waals surface area contributed by atoms with Crippen molar-refractivity contribution < 1.29 is 9.90 Å². The van der Waals surface area contributed by atoms with Gasteiger partial charge in [-0.15, -0.1) is 11.3 Å². The first-order valence-electron chi connectivity index (χ1n) is 8.13. The highest BCUT2D eigenvalue weighted by atomic mass is 35.5. The summed E-state index contributed by atoms with van der Waals surface area (Å²) in [6, 6.07) is 4.93. The number of fused-ring (bicyclic) bond motifs is 3. The molecule has 2 aliphatic carbocycles. The van der Waals surface area contributed by atoms with E-state index in [0.29, 0.717) is 22.3 Å². The lowest BCUT2D eigenvalue weighted by atomic mass is 9.94. The minimum atomic E-state index is 0.0497. The van der Waals surface area contributed by atoms with Gasteiger partial charge in [0.1, 0.15) is 5.75 Å². The Kier molecular flexibility index (Phi) is 3.45. The number of aromatic hydroxyl groups is 1. The molecule has 124 valence electrons. The van der Waals surface area contributed by atoms with Crippen molar-refractivity contribution in [3.05, 3.63) is 55.7 Å². The van der Waals surface area contributed by atoms with Crippen LogP contribution in [-0.4, -0.2) is 10.9 Å². The number of carbonyl (C=O) groups excluding carboxylic acids is 1. The molecule has 24 heavy (non-hydrogen) atoms. The minimum absolute atomic E-state index is 0.0497. The van der Waals surface area contributed by atoms with Crippen molar-refractivity contribution in [1.82, 2.24) is 0 Å². The molecule has 2 aliphatic rings. The van der Waals surface area contributed by atoms with Crippen LogP contribution in [0, 0.1) is 18.3 Å². The van der Waals surface area contributed by atoms with Crippen molar-refractivity contribution in [1.29, 1.82) is 0 Å². The Hall–Kier alpha value is -1.58. The fraction of sp³-hybridized carbons (Fsp3) is 0.350.